The van der Waals surface area contributed by atoms with Gasteiger partial charge < -0.3 is 5.73 Å². The third-order valence-corrected chi connectivity index (χ3v) is 3.48. The van der Waals surface area contributed by atoms with Gasteiger partial charge in [-0.05, 0) is 18.9 Å². The van der Waals surface area contributed by atoms with Gasteiger partial charge in [0.1, 0.15) is 0 Å². The van der Waals surface area contributed by atoms with E-state index in [4.69, 9.17) is 5.73 Å². The minimum atomic E-state index is 0.427. The molecule has 0 aliphatic heterocycles. The summed E-state index contributed by atoms with van der Waals surface area (Å²) in [7, 11) is 0. The summed E-state index contributed by atoms with van der Waals surface area (Å²) in [5, 5.41) is 12.6. The third kappa shape index (κ3) is 2.28. The Balaban J connectivity index is 1.69. The van der Waals surface area contributed by atoms with Crippen LogP contribution in [0, 0.1) is 0 Å². The highest BCUT2D eigenvalue weighted by molar-refractivity contribution is 5.02. The fourth-order valence-corrected chi connectivity index (χ4v) is 2.51. The van der Waals surface area contributed by atoms with Gasteiger partial charge in [0, 0.05) is 12.7 Å². The van der Waals surface area contributed by atoms with Crippen molar-refractivity contribution in [3.63, 3.8) is 0 Å². The van der Waals surface area contributed by atoms with Crippen LogP contribution in [-0.2, 0) is 13.1 Å². The molecule has 3 rings (SSSR count). The van der Waals surface area contributed by atoms with Crippen molar-refractivity contribution in [1.29, 1.82) is 0 Å². The van der Waals surface area contributed by atoms with Crippen LogP contribution in [0.5, 0.6) is 0 Å². The molecule has 0 saturated heterocycles. The van der Waals surface area contributed by atoms with Crippen LogP contribution in [0.15, 0.2) is 18.5 Å². The minimum absolute atomic E-state index is 0.427. The molecule has 96 valence electrons. The molecule has 0 radical (unpaired) electrons. The van der Waals surface area contributed by atoms with E-state index in [-0.39, 0.29) is 0 Å². The predicted molar refractivity (Wildman–Crippen MR) is 66.7 cm³/mol. The first kappa shape index (κ1) is 11.4. The first-order valence-electron chi connectivity index (χ1n) is 6.48. The lowest BCUT2D eigenvalue weighted by atomic mass is 10.3. The average Bonchev–Trinajstić information content (AvgIpc) is 3.10. The molecule has 6 nitrogen and oxygen atoms in total. The summed E-state index contributed by atoms with van der Waals surface area (Å²) in [6.45, 7) is 1.09. The highest BCUT2D eigenvalue weighted by Gasteiger charge is 2.17. The Bertz CT molecular complexity index is 508. The van der Waals surface area contributed by atoms with Gasteiger partial charge >= 0.3 is 0 Å². The van der Waals surface area contributed by atoms with Gasteiger partial charge in [-0.2, -0.15) is 5.10 Å². The van der Waals surface area contributed by atoms with Crippen molar-refractivity contribution in [3.8, 4) is 0 Å². The molecule has 1 aliphatic rings. The van der Waals surface area contributed by atoms with Crippen LogP contribution < -0.4 is 5.73 Å². The van der Waals surface area contributed by atoms with Crippen LogP contribution >= 0.6 is 0 Å². The lowest BCUT2D eigenvalue weighted by molar-refractivity contribution is 0.460. The van der Waals surface area contributed by atoms with Crippen LogP contribution in [0.2, 0.25) is 0 Å². The molecular formula is C12H18N6. The number of rotatable bonds is 4. The third-order valence-electron chi connectivity index (χ3n) is 3.48. The molecule has 0 aromatic carbocycles. The van der Waals surface area contributed by atoms with Gasteiger partial charge in [0.2, 0.25) is 0 Å². The van der Waals surface area contributed by atoms with Crippen LogP contribution in [0.4, 0.5) is 0 Å². The number of hydrogen-bond acceptors (Lipinski definition) is 4. The molecule has 1 saturated carbocycles. The zero-order valence-corrected chi connectivity index (χ0v) is 10.4. The lowest BCUT2D eigenvalue weighted by Gasteiger charge is -2.08. The van der Waals surface area contributed by atoms with Crippen molar-refractivity contribution in [2.45, 2.75) is 44.8 Å². The number of nitrogens with two attached hydrogens (primary N) is 1. The topological polar surface area (TPSA) is 74.5 Å². The molecule has 0 unspecified atom stereocenters. The van der Waals surface area contributed by atoms with E-state index >= 15 is 0 Å². The van der Waals surface area contributed by atoms with Crippen LogP contribution in [-0.4, -0.2) is 24.8 Å². The van der Waals surface area contributed by atoms with Gasteiger partial charge in [-0.1, -0.05) is 18.1 Å². The van der Waals surface area contributed by atoms with Crippen molar-refractivity contribution in [1.82, 2.24) is 24.8 Å². The van der Waals surface area contributed by atoms with Crippen molar-refractivity contribution >= 4 is 0 Å². The molecule has 2 N–H and O–H groups in total. The normalized spacial score (nSPS) is 16.5. The van der Waals surface area contributed by atoms with Gasteiger partial charge in [0.25, 0.3) is 0 Å². The van der Waals surface area contributed by atoms with E-state index in [1.165, 1.54) is 25.7 Å². The van der Waals surface area contributed by atoms with E-state index in [1.807, 2.05) is 6.20 Å². The Morgan fingerprint density at radius 3 is 2.83 bits per heavy atom. The molecule has 1 aliphatic carbocycles. The van der Waals surface area contributed by atoms with E-state index in [0.29, 0.717) is 19.1 Å². The molecule has 1 fully saturated rings. The van der Waals surface area contributed by atoms with Gasteiger partial charge in [-0.25, -0.2) is 4.68 Å². The smallest absolute Gasteiger partial charge is 0.0962 e. The number of hydrogen-bond donors (Lipinski definition) is 1. The second-order valence-corrected chi connectivity index (χ2v) is 4.84. The fourth-order valence-electron chi connectivity index (χ4n) is 2.51. The Kier molecular flexibility index (Phi) is 3.10. The van der Waals surface area contributed by atoms with Crippen LogP contribution in [0.3, 0.4) is 0 Å². The molecule has 2 aromatic rings. The van der Waals surface area contributed by atoms with Gasteiger partial charge in [-0.3, -0.25) is 4.68 Å². The Hall–Kier alpha value is -1.69. The van der Waals surface area contributed by atoms with Gasteiger partial charge in [0.05, 0.1) is 30.2 Å². The summed E-state index contributed by atoms with van der Waals surface area (Å²) < 4.78 is 3.88. The zero-order valence-electron chi connectivity index (χ0n) is 10.4. The SMILES string of the molecule is NCc1cn(Cc2ccn(C3CCCC3)n2)nn1. The molecule has 0 bridgehead atoms. The molecule has 0 atom stereocenters. The monoisotopic (exact) mass is 246 g/mol. The molecule has 6 heteroatoms. The largest absolute Gasteiger partial charge is 0.325 e. The predicted octanol–water partition coefficient (Wildman–Crippen LogP) is 1.10. The second kappa shape index (κ2) is 4.89. The molecule has 2 heterocycles. The highest BCUT2D eigenvalue weighted by Crippen LogP contribution is 2.28. The Labute approximate surface area is 106 Å². The molecule has 0 amide bonds. The van der Waals surface area contributed by atoms with E-state index in [1.54, 1.807) is 4.68 Å². The zero-order chi connectivity index (χ0) is 12.4. The van der Waals surface area contributed by atoms with E-state index < -0.39 is 0 Å². The molecule has 2 aromatic heterocycles. The fraction of sp³-hybridized carbons (Fsp3) is 0.583. The Morgan fingerprint density at radius 1 is 1.28 bits per heavy atom. The summed E-state index contributed by atoms with van der Waals surface area (Å²) in [5.41, 5.74) is 7.34. The summed E-state index contributed by atoms with van der Waals surface area (Å²) in [6, 6.07) is 2.65. The number of aromatic nitrogens is 5. The molecule has 18 heavy (non-hydrogen) atoms. The van der Waals surface area contributed by atoms with Crippen molar-refractivity contribution < 1.29 is 0 Å². The summed E-state index contributed by atoms with van der Waals surface area (Å²) in [6.07, 6.45) is 9.09. The van der Waals surface area contributed by atoms with Gasteiger partial charge in [0.15, 0.2) is 0 Å². The van der Waals surface area contributed by atoms with E-state index in [0.717, 1.165) is 11.4 Å². The Morgan fingerprint density at radius 2 is 2.11 bits per heavy atom. The first-order chi connectivity index (χ1) is 8.85. The van der Waals surface area contributed by atoms with Crippen molar-refractivity contribution in [2.24, 2.45) is 5.73 Å². The molecular weight excluding hydrogens is 228 g/mol. The standard InChI is InChI=1S/C12H18N6/c13-7-11-9-17(16-14-11)8-10-5-6-18(15-10)12-3-1-2-4-12/h5-6,9,12H,1-4,7-8,13H2. The van der Waals surface area contributed by atoms with Crippen LogP contribution in [0.25, 0.3) is 0 Å². The second-order valence-electron chi connectivity index (χ2n) is 4.84. The van der Waals surface area contributed by atoms with E-state index in [9.17, 15) is 0 Å². The quantitative estimate of drug-likeness (QED) is 0.876. The maximum Gasteiger partial charge on any atom is 0.0962 e. The van der Waals surface area contributed by atoms with Crippen molar-refractivity contribution in [3.05, 3.63) is 29.8 Å². The minimum Gasteiger partial charge on any atom is -0.325 e. The summed E-state index contributed by atoms with van der Waals surface area (Å²) in [4.78, 5) is 0. The first-order valence-corrected chi connectivity index (χ1v) is 6.48. The van der Waals surface area contributed by atoms with Crippen molar-refractivity contribution in [2.75, 3.05) is 0 Å². The molecule has 0 spiro atoms. The lowest BCUT2D eigenvalue weighted by Crippen LogP contribution is -2.07. The van der Waals surface area contributed by atoms with Gasteiger partial charge in [-0.15, -0.1) is 5.10 Å². The maximum absolute atomic E-state index is 5.51. The number of nitrogens with zero attached hydrogens (tertiary/aromatic N) is 5. The van der Waals surface area contributed by atoms with Crippen LogP contribution in [0.1, 0.15) is 43.1 Å². The summed E-state index contributed by atoms with van der Waals surface area (Å²) >= 11 is 0. The average molecular weight is 246 g/mol. The van der Waals surface area contributed by atoms with E-state index in [2.05, 4.69) is 32.4 Å². The summed E-state index contributed by atoms with van der Waals surface area (Å²) in [5.74, 6) is 0. The highest BCUT2D eigenvalue weighted by atomic mass is 15.4. The maximum atomic E-state index is 5.51.